The summed E-state index contributed by atoms with van der Waals surface area (Å²) in [4.78, 5) is 2.09. The lowest BCUT2D eigenvalue weighted by atomic mass is 10.0. The minimum absolute atomic E-state index is 0.442. The molecule has 4 heteroatoms. The van der Waals surface area contributed by atoms with Crippen molar-refractivity contribution in [1.29, 1.82) is 0 Å². The molecular weight excluding hydrogens is 263 g/mol. The summed E-state index contributed by atoms with van der Waals surface area (Å²) in [5, 5.41) is 0. The van der Waals surface area contributed by atoms with Gasteiger partial charge in [-0.2, -0.15) is 13.2 Å². The summed E-state index contributed by atoms with van der Waals surface area (Å²) in [7, 11) is 0. The van der Waals surface area contributed by atoms with Gasteiger partial charge < -0.3 is 4.90 Å². The van der Waals surface area contributed by atoms with Gasteiger partial charge in [-0.15, -0.1) is 12.3 Å². The Labute approximate surface area is 117 Å². The molecular formula is C16H16F3N. The Morgan fingerprint density at radius 1 is 1.25 bits per heavy atom. The smallest absolute Gasteiger partial charge is 0.367 e. The zero-order valence-corrected chi connectivity index (χ0v) is 11.1. The standard InChI is InChI=1S/C16H16F3N/c1-2-3-7-13-12-14(16(17,18)19)8-9-15(13)20-10-5-4-6-11-20/h1,4-5,8-9,12H,3,6-7,10-11H2. The lowest BCUT2D eigenvalue weighted by Crippen LogP contribution is -2.28. The summed E-state index contributed by atoms with van der Waals surface area (Å²) in [5.41, 5.74) is 0.923. The molecule has 1 aliphatic heterocycles. The van der Waals surface area contributed by atoms with Gasteiger partial charge in [-0.25, -0.2) is 0 Å². The van der Waals surface area contributed by atoms with Crippen LogP contribution < -0.4 is 4.90 Å². The third-order valence-electron chi connectivity index (χ3n) is 3.34. The number of aryl methyl sites for hydroxylation is 1. The Hall–Kier alpha value is -1.89. The molecule has 2 rings (SSSR count). The SMILES string of the molecule is C#CCCc1cc(C(F)(F)F)ccc1N1CC=CCC1. The second-order valence-corrected chi connectivity index (χ2v) is 4.75. The van der Waals surface area contributed by atoms with Crippen LogP contribution >= 0.6 is 0 Å². The van der Waals surface area contributed by atoms with Crippen molar-refractivity contribution in [2.24, 2.45) is 0 Å². The summed E-state index contributed by atoms with van der Waals surface area (Å²) in [6.45, 7) is 1.55. The maximum atomic E-state index is 12.8. The van der Waals surface area contributed by atoms with Crippen molar-refractivity contribution in [3.05, 3.63) is 41.5 Å². The molecule has 1 aromatic carbocycles. The number of benzene rings is 1. The molecule has 0 N–H and O–H groups in total. The van der Waals surface area contributed by atoms with Gasteiger partial charge in [0.1, 0.15) is 0 Å². The van der Waals surface area contributed by atoms with Crippen molar-refractivity contribution in [2.75, 3.05) is 18.0 Å². The van der Waals surface area contributed by atoms with Crippen molar-refractivity contribution < 1.29 is 13.2 Å². The van der Waals surface area contributed by atoms with Gasteiger partial charge >= 0.3 is 6.18 Å². The number of terminal acetylenes is 1. The molecule has 106 valence electrons. The Kier molecular flexibility index (Phi) is 4.39. The van der Waals surface area contributed by atoms with E-state index >= 15 is 0 Å². The quantitative estimate of drug-likeness (QED) is 0.596. The van der Waals surface area contributed by atoms with Gasteiger partial charge in [0.25, 0.3) is 0 Å². The number of nitrogens with zero attached hydrogens (tertiary/aromatic N) is 1. The molecule has 0 saturated carbocycles. The van der Waals surface area contributed by atoms with E-state index in [1.54, 1.807) is 6.07 Å². The van der Waals surface area contributed by atoms with Crippen LogP contribution in [0.25, 0.3) is 0 Å². The first kappa shape index (κ1) is 14.5. The number of rotatable bonds is 3. The van der Waals surface area contributed by atoms with Crippen LogP contribution in [0.15, 0.2) is 30.4 Å². The van der Waals surface area contributed by atoms with Crippen LogP contribution in [-0.4, -0.2) is 13.1 Å². The van der Waals surface area contributed by atoms with Gasteiger partial charge in [0.2, 0.25) is 0 Å². The summed E-state index contributed by atoms with van der Waals surface area (Å²) < 4.78 is 38.4. The zero-order chi connectivity index (χ0) is 14.6. The molecule has 0 unspecified atom stereocenters. The molecule has 0 radical (unpaired) electrons. The minimum atomic E-state index is -4.31. The average Bonchev–Trinajstić information content (AvgIpc) is 2.45. The van der Waals surface area contributed by atoms with E-state index in [0.29, 0.717) is 18.4 Å². The van der Waals surface area contributed by atoms with E-state index in [4.69, 9.17) is 6.42 Å². The predicted octanol–water partition coefficient (Wildman–Crippen LogP) is 4.04. The van der Waals surface area contributed by atoms with Crippen LogP contribution in [0.4, 0.5) is 18.9 Å². The molecule has 1 aliphatic rings. The fraction of sp³-hybridized carbons (Fsp3) is 0.375. The van der Waals surface area contributed by atoms with E-state index in [1.165, 1.54) is 6.07 Å². The number of halogens is 3. The summed E-state index contributed by atoms with van der Waals surface area (Å²) in [6, 6.07) is 3.94. The fourth-order valence-electron chi connectivity index (χ4n) is 2.34. The lowest BCUT2D eigenvalue weighted by molar-refractivity contribution is -0.137. The maximum Gasteiger partial charge on any atom is 0.416 e. The third kappa shape index (κ3) is 3.36. The van der Waals surface area contributed by atoms with E-state index < -0.39 is 11.7 Å². The topological polar surface area (TPSA) is 3.24 Å². The highest BCUT2D eigenvalue weighted by Gasteiger charge is 2.31. The number of anilines is 1. The first-order valence-electron chi connectivity index (χ1n) is 6.56. The monoisotopic (exact) mass is 279 g/mol. The highest BCUT2D eigenvalue weighted by Crippen LogP contribution is 2.33. The number of hydrogen-bond donors (Lipinski definition) is 0. The van der Waals surface area contributed by atoms with Gasteiger partial charge in [-0.1, -0.05) is 12.2 Å². The largest absolute Gasteiger partial charge is 0.416 e. The van der Waals surface area contributed by atoms with Gasteiger partial charge in [0, 0.05) is 25.2 Å². The van der Waals surface area contributed by atoms with E-state index in [9.17, 15) is 13.2 Å². The predicted molar refractivity (Wildman–Crippen MR) is 74.6 cm³/mol. The van der Waals surface area contributed by atoms with Gasteiger partial charge in [0.05, 0.1) is 5.56 Å². The van der Waals surface area contributed by atoms with Crippen LogP contribution in [-0.2, 0) is 12.6 Å². The molecule has 20 heavy (non-hydrogen) atoms. The fourth-order valence-corrected chi connectivity index (χ4v) is 2.34. The first-order chi connectivity index (χ1) is 9.52. The minimum Gasteiger partial charge on any atom is -0.367 e. The van der Waals surface area contributed by atoms with Crippen LogP contribution in [0.1, 0.15) is 24.0 Å². The average molecular weight is 279 g/mol. The molecule has 0 amide bonds. The number of hydrogen-bond acceptors (Lipinski definition) is 1. The zero-order valence-electron chi connectivity index (χ0n) is 11.1. The van der Waals surface area contributed by atoms with Crippen molar-refractivity contribution in [3.63, 3.8) is 0 Å². The highest BCUT2D eigenvalue weighted by molar-refractivity contribution is 5.56. The van der Waals surface area contributed by atoms with E-state index in [2.05, 4.69) is 16.9 Å². The molecule has 0 fully saturated rings. The van der Waals surface area contributed by atoms with Crippen molar-refractivity contribution >= 4 is 5.69 Å². The summed E-state index contributed by atoms with van der Waals surface area (Å²) in [5.74, 6) is 2.49. The molecule has 1 heterocycles. The molecule has 0 aromatic heterocycles. The van der Waals surface area contributed by atoms with Gasteiger partial charge in [-0.3, -0.25) is 0 Å². The van der Waals surface area contributed by atoms with Crippen LogP contribution in [0.5, 0.6) is 0 Å². The normalized spacial score (nSPS) is 15.2. The first-order valence-corrected chi connectivity index (χ1v) is 6.56. The lowest BCUT2D eigenvalue weighted by Gasteiger charge is -2.28. The van der Waals surface area contributed by atoms with Crippen molar-refractivity contribution in [1.82, 2.24) is 0 Å². The van der Waals surface area contributed by atoms with E-state index in [0.717, 1.165) is 31.3 Å². The Balaban J connectivity index is 2.35. The molecule has 0 saturated heterocycles. The summed E-state index contributed by atoms with van der Waals surface area (Å²) >= 11 is 0. The highest BCUT2D eigenvalue weighted by atomic mass is 19.4. The summed E-state index contributed by atoms with van der Waals surface area (Å²) in [6.07, 6.45) is 6.86. The van der Waals surface area contributed by atoms with Crippen LogP contribution in [0.2, 0.25) is 0 Å². The van der Waals surface area contributed by atoms with Crippen molar-refractivity contribution in [2.45, 2.75) is 25.4 Å². The van der Waals surface area contributed by atoms with Gasteiger partial charge in [-0.05, 0) is 36.6 Å². The second kappa shape index (κ2) is 6.04. The maximum absolute atomic E-state index is 12.8. The Bertz CT molecular complexity index is 538. The van der Waals surface area contributed by atoms with Crippen LogP contribution in [0.3, 0.4) is 0 Å². The molecule has 0 atom stereocenters. The van der Waals surface area contributed by atoms with E-state index in [1.807, 2.05) is 6.08 Å². The second-order valence-electron chi connectivity index (χ2n) is 4.75. The molecule has 1 nitrogen and oxygen atoms in total. The number of alkyl halides is 3. The Morgan fingerprint density at radius 2 is 2.05 bits per heavy atom. The van der Waals surface area contributed by atoms with Gasteiger partial charge in [0.15, 0.2) is 0 Å². The molecule has 1 aromatic rings. The van der Waals surface area contributed by atoms with E-state index in [-0.39, 0.29) is 0 Å². The third-order valence-corrected chi connectivity index (χ3v) is 3.34. The molecule has 0 bridgehead atoms. The Morgan fingerprint density at radius 3 is 2.65 bits per heavy atom. The van der Waals surface area contributed by atoms with Crippen molar-refractivity contribution in [3.8, 4) is 12.3 Å². The molecule has 0 spiro atoms. The van der Waals surface area contributed by atoms with Crippen LogP contribution in [0, 0.1) is 12.3 Å². The molecule has 0 aliphatic carbocycles.